The predicted molar refractivity (Wildman–Crippen MR) is 217 cm³/mol. The molecule has 0 radical (unpaired) electrons. The maximum absolute atomic E-state index is 2.72. The zero-order valence-electron chi connectivity index (χ0n) is 34.5. The fraction of sp³-hybridized carbons (Fsp3) is 1.00. The van der Waals surface area contributed by atoms with Crippen LogP contribution in [0.3, 0.4) is 0 Å². The maximum atomic E-state index is 2.72. The van der Waals surface area contributed by atoms with Gasteiger partial charge in [-0.05, 0) is 202 Å². The fourth-order valence-electron chi connectivity index (χ4n) is 18.9. The highest BCUT2D eigenvalue weighted by atomic mass is 14.6. The van der Waals surface area contributed by atoms with Crippen LogP contribution in [0.15, 0.2) is 0 Å². The molecule has 0 bridgehead atoms. The van der Waals surface area contributed by atoms with Gasteiger partial charge in [-0.25, -0.2) is 0 Å². The molecule has 19 atom stereocenters. The van der Waals surface area contributed by atoms with Crippen molar-refractivity contribution in [1.82, 2.24) is 0 Å². The van der Waals surface area contributed by atoms with E-state index in [9.17, 15) is 0 Å². The third-order valence-electron chi connectivity index (χ3n) is 20.5. The molecule has 0 spiro atoms. The molecule has 0 saturated heterocycles. The van der Waals surface area contributed by atoms with Crippen LogP contribution in [0, 0.1) is 112 Å². The molecule has 9 aliphatic rings. The summed E-state index contributed by atoms with van der Waals surface area (Å²) in [6.45, 7) is 7.85. The number of unbranched alkanes of at least 4 members (excludes halogenated alkanes) is 1. The first-order valence-corrected chi connectivity index (χ1v) is 25.1. The maximum Gasteiger partial charge on any atom is -0.0321 e. The summed E-state index contributed by atoms with van der Waals surface area (Å²) in [5, 5.41) is 0. The number of hydrogen-bond acceptors (Lipinski definition) is 0. The molecule has 9 aliphatic carbocycles. The van der Waals surface area contributed by atoms with Crippen molar-refractivity contribution >= 4 is 0 Å². The lowest BCUT2D eigenvalue weighted by molar-refractivity contribution is -0.146. The van der Waals surface area contributed by atoms with E-state index < -0.39 is 0 Å². The summed E-state index contributed by atoms with van der Waals surface area (Å²) in [5.74, 6) is 20.8. The van der Waals surface area contributed by atoms with Gasteiger partial charge in [-0.3, -0.25) is 0 Å². The monoisotopic (exact) mass is 699 g/mol. The lowest BCUT2D eigenvalue weighted by Crippen LogP contribution is -2.56. The Morgan fingerprint density at radius 3 is 1.63 bits per heavy atom. The van der Waals surface area contributed by atoms with E-state index in [1.807, 2.05) is 0 Å². The zero-order valence-corrected chi connectivity index (χ0v) is 34.5. The molecule has 290 valence electrons. The Balaban J connectivity index is 0.962. The lowest BCUT2D eigenvalue weighted by atomic mass is 9.42. The molecule has 17 unspecified atom stereocenters. The van der Waals surface area contributed by atoms with E-state index in [1.54, 1.807) is 173 Å². The van der Waals surface area contributed by atoms with Gasteiger partial charge in [0.05, 0.1) is 0 Å². The fourth-order valence-corrected chi connectivity index (χ4v) is 18.9. The van der Waals surface area contributed by atoms with E-state index >= 15 is 0 Å². The highest BCUT2D eigenvalue weighted by Crippen LogP contribution is 2.66. The first-order chi connectivity index (χ1) is 25.1. The van der Waals surface area contributed by atoms with Crippen molar-refractivity contribution < 1.29 is 0 Å². The summed E-state index contributed by atoms with van der Waals surface area (Å²) >= 11 is 0. The van der Waals surface area contributed by atoms with Crippen molar-refractivity contribution in [2.75, 3.05) is 0 Å². The van der Waals surface area contributed by atoms with E-state index in [-0.39, 0.29) is 0 Å². The summed E-state index contributed by atoms with van der Waals surface area (Å²) in [7, 11) is 0. The van der Waals surface area contributed by atoms with E-state index in [0.717, 1.165) is 112 Å². The van der Waals surface area contributed by atoms with E-state index in [0.29, 0.717) is 0 Å². The van der Waals surface area contributed by atoms with Gasteiger partial charge in [0, 0.05) is 0 Å². The Bertz CT molecular complexity index is 1110. The largest absolute Gasteiger partial charge is 0.0654 e. The second-order valence-electron chi connectivity index (χ2n) is 22.6. The second-order valence-corrected chi connectivity index (χ2v) is 22.6. The highest BCUT2D eigenvalue weighted by molar-refractivity contribution is 5.07. The van der Waals surface area contributed by atoms with Crippen molar-refractivity contribution in [3.63, 3.8) is 0 Å². The van der Waals surface area contributed by atoms with Crippen LogP contribution < -0.4 is 0 Å². The van der Waals surface area contributed by atoms with Crippen molar-refractivity contribution in [3.05, 3.63) is 0 Å². The quantitative estimate of drug-likeness (QED) is 0.242. The van der Waals surface area contributed by atoms with Crippen molar-refractivity contribution in [2.45, 2.75) is 207 Å². The summed E-state index contributed by atoms with van der Waals surface area (Å²) < 4.78 is 0. The second kappa shape index (κ2) is 16.2. The average Bonchev–Trinajstić information content (AvgIpc) is 3.42. The van der Waals surface area contributed by atoms with E-state index in [4.69, 9.17) is 0 Å². The van der Waals surface area contributed by atoms with Crippen molar-refractivity contribution in [2.24, 2.45) is 112 Å². The van der Waals surface area contributed by atoms with Crippen LogP contribution >= 0.6 is 0 Å². The van der Waals surface area contributed by atoms with E-state index in [2.05, 4.69) is 20.8 Å². The molecule has 0 aromatic heterocycles. The van der Waals surface area contributed by atoms with Crippen molar-refractivity contribution in [3.8, 4) is 0 Å². The number of fused-ring (bicyclic) bond motifs is 6. The lowest BCUT2D eigenvalue weighted by Gasteiger charge is -2.63. The standard InChI is InChI=1S/C51H86/c1-4-5-18-38-34(3)31-47(42-22-10-8-20-40(38)42)35-16-14-17-36(28-27-35)50-44-24-12-13-25-45(44)51(46-29-26-33(2)30-48(46)50)49-32-37-15-6-7-19-39(37)41-21-9-11-23-43(41)49/h33-51H,4-32H2,1-3H3/t33?,34?,35?,36?,37?,38?,39?,40-,41?,42?,43?,44?,45?,46?,47?,48+,49?,50?,51?/m0/s1. The van der Waals surface area contributed by atoms with Gasteiger partial charge in [-0.1, -0.05) is 117 Å². The van der Waals surface area contributed by atoms with Gasteiger partial charge in [0.2, 0.25) is 0 Å². The highest BCUT2D eigenvalue weighted by Gasteiger charge is 2.59. The molecule has 0 aromatic carbocycles. The van der Waals surface area contributed by atoms with Gasteiger partial charge >= 0.3 is 0 Å². The summed E-state index contributed by atoms with van der Waals surface area (Å²) in [6.07, 6.45) is 46.2. The topological polar surface area (TPSA) is 0 Å². The molecule has 0 aromatic rings. The molecule has 0 heteroatoms. The number of rotatable bonds is 6. The van der Waals surface area contributed by atoms with Gasteiger partial charge in [-0.2, -0.15) is 0 Å². The first kappa shape index (κ1) is 36.6. The van der Waals surface area contributed by atoms with Crippen LogP contribution in [0.25, 0.3) is 0 Å². The molecule has 0 amide bonds. The minimum Gasteiger partial charge on any atom is -0.0654 e. The van der Waals surface area contributed by atoms with Crippen LogP contribution in [0.2, 0.25) is 0 Å². The van der Waals surface area contributed by atoms with E-state index in [1.165, 1.54) is 12.8 Å². The van der Waals surface area contributed by atoms with Crippen LogP contribution in [-0.2, 0) is 0 Å². The third-order valence-corrected chi connectivity index (χ3v) is 20.5. The predicted octanol–water partition coefficient (Wildman–Crippen LogP) is 15.2. The molecule has 9 saturated carbocycles. The third kappa shape index (κ3) is 7.03. The van der Waals surface area contributed by atoms with Crippen LogP contribution in [0.4, 0.5) is 0 Å². The number of hydrogen-bond donors (Lipinski definition) is 0. The first-order valence-electron chi connectivity index (χ1n) is 25.1. The molecule has 9 rings (SSSR count). The Kier molecular flexibility index (Phi) is 11.7. The molecule has 0 N–H and O–H groups in total. The molecule has 0 heterocycles. The minimum absolute atomic E-state index is 0.996. The Labute approximate surface area is 318 Å². The van der Waals surface area contributed by atoms with Crippen LogP contribution in [0.1, 0.15) is 207 Å². The molecule has 51 heavy (non-hydrogen) atoms. The zero-order chi connectivity index (χ0) is 34.5. The summed E-state index contributed by atoms with van der Waals surface area (Å²) in [6, 6.07) is 0. The van der Waals surface area contributed by atoms with Gasteiger partial charge in [-0.15, -0.1) is 0 Å². The van der Waals surface area contributed by atoms with Gasteiger partial charge in [0.25, 0.3) is 0 Å². The Morgan fingerprint density at radius 1 is 0.353 bits per heavy atom. The van der Waals surface area contributed by atoms with Crippen LogP contribution in [-0.4, -0.2) is 0 Å². The Morgan fingerprint density at radius 2 is 0.882 bits per heavy atom. The minimum atomic E-state index is 0.996. The van der Waals surface area contributed by atoms with Crippen LogP contribution in [0.5, 0.6) is 0 Å². The van der Waals surface area contributed by atoms with Gasteiger partial charge < -0.3 is 0 Å². The average molecular weight is 699 g/mol. The van der Waals surface area contributed by atoms with Gasteiger partial charge in [0.1, 0.15) is 0 Å². The summed E-state index contributed by atoms with van der Waals surface area (Å²) in [5.41, 5.74) is 0. The molecule has 0 aliphatic heterocycles. The van der Waals surface area contributed by atoms with Crippen molar-refractivity contribution in [1.29, 1.82) is 0 Å². The summed E-state index contributed by atoms with van der Waals surface area (Å²) in [4.78, 5) is 0. The Hall–Kier alpha value is 0. The molecule has 9 fully saturated rings. The smallest absolute Gasteiger partial charge is 0.0321 e. The van der Waals surface area contributed by atoms with Gasteiger partial charge in [0.15, 0.2) is 0 Å². The molecule has 0 nitrogen and oxygen atoms in total. The SMILES string of the molecule is CCCCC1C(C)CC(C2CCCC(C3C4CCCCC4C(C4CC5CCCCC5C5CCCCC54)C4CCC(C)C[C@H]43)CC2)C2CCCC[C@@H]12. The molecular weight excluding hydrogens is 613 g/mol. The normalized spacial score (nSPS) is 53.4. The molecular formula is C51H86.